The summed E-state index contributed by atoms with van der Waals surface area (Å²) in [6.07, 6.45) is 0. The summed E-state index contributed by atoms with van der Waals surface area (Å²) in [6.45, 7) is 3.60. The van der Waals surface area contributed by atoms with Crippen LogP contribution >= 0.6 is 15.9 Å². The molecule has 2 N–H and O–H groups in total. The van der Waals surface area contributed by atoms with Crippen LogP contribution in [0.3, 0.4) is 0 Å². The van der Waals surface area contributed by atoms with Crippen molar-refractivity contribution in [3.8, 4) is 6.07 Å². The number of allylic oxidation sites excluding steroid dienone is 2. The molecule has 0 saturated heterocycles. The molecule has 1 aromatic carbocycles. The molecule has 2 rings (SSSR count). The van der Waals surface area contributed by atoms with E-state index in [9.17, 15) is 10.1 Å². The number of nitrogens with zero attached hydrogens (tertiary/aromatic N) is 1. The molecule has 6 heteroatoms. The van der Waals surface area contributed by atoms with E-state index in [0.29, 0.717) is 11.3 Å². The summed E-state index contributed by atoms with van der Waals surface area (Å²) in [7, 11) is 0. The van der Waals surface area contributed by atoms with Crippen LogP contribution < -0.4 is 5.73 Å². The van der Waals surface area contributed by atoms with Crippen LogP contribution in [0, 0.1) is 11.3 Å². The minimum Gasteiger partial charge on any atom is -0.463 e. The van der Waals surface area contributed by atoms with E-state index in [1.807, 2.05) is 30.3 Å². The topological polar surface area (TPSA) is 85.3 Å². The fourth-order valence-corrected chi connectivity index (χ4v) is 2.79. The Morgan fingerprint density at radius 2 is 2.27 bits per heavy atom. The molecular weight excluding hydrogens is 348 g/mol. The number of ether oxygens (including phenoxy) is 2. The number of halogens is 1. The number of carbonyl (C=O) groups is 1. The lowest BCUT2D eigenvalue weighted by molar-refractivity contribution is -0.139. The van der Waals surface area contributed by atoms with Gasteiger partial charge in [0.25, 0.3) is 0 Å². The Labute approximate surface area is 137 Å². The van der Waals surface area contributed by atoms with Crippen LogP contribution in [0.2, 0.25) is 0 Å². The summed E-state index contributed by atoms with van der Waals surface area (Å²) in [5, 5.41) is 9.42. The van der Waals surface area contributed by atoms with E-state index in [-0.39, 0.29) is 18.1 Å². The van der Waals surface area contributed by atoms with Gasteiger partial charge >= 0.3 is 5.97 Å². The zero-order chi connectivity index (χ0) is 16.3. The minimum atomic E-state index is -0.602. The van der Waals surface area contributed by atoms with Crippen molar-refractivity contribution in [2.45, 2.75) is 19.8 Å². The Morgan fingerprint density at radius 3 is 2.86 bits per heavy atom. The van der Waals surface area contributed by atoms with Gasteiger partial charge in [-0.3, -0.25) is 0 Å². The minimum absolute atomic E-state index is 0.0121. The van der Waals surface area contributed by atoms with E-state index in [0.717, 1.165) is 10.0 Å². The lowest BCUT2D eigenvalue weighted by atomic mass is 9.83. The first-order chi connectivity index (χ1) is 10.5. The van der Waals surface area contributed by atoms with Crippen molar-refractivity contribution in [2.24, 2.45) is 5.73 Å². The van der Waals surface area contributed by atoms with Gasteiger partial charge in [-0.2, -0.15) is 5.26 Å². The van der Waals surface area contributed by atoms with Crippen LogP contribution in [-0.4, -0.2) is 12.6 Å². The van der Waals surface area contributed by atoms with Gasteiger partial charge in [0.15, 0.2) is 0 Å². The average Bonchev–Trinajstić information content (AvgIpc) is 2.46. The summed E-state index contributed by atoms with van der Waals surface area (Å²) in [5.41, 5.74) is 7.08. The van der Waals surface area contributed by atoms with Crippen LogP contribution in [0.1, 0.15) is 25.3 Å². The highest BCUT2D eigenvalue weighted by atomic mass is 79.9. The van der Waals surface area contributed by atoms with Crippen LogP contribution in [-0.2, 0) is 14.3 Å². The second-order valence-corrected chi connectivity index (χ2v) is 5.59. The number of carbonyl (C=O) groups excluding carboxylic acids is 1. The predicted octanol–water partition coefficient (Wildman–Crippen LogP) is 3.09. The summed E-state index contributed by atoms with van der Waals surface area (Å²) >= 11 is 3.39. The molecule has 0 fully saturated rings. The first-order valence-corrected chi connectivity index (χ1v) is 7.49. The van der Waals surface area contributed by atoms with E-state index in [1.54, 1.807) is 13.8 Å². The van der Waals surface area contributed by atoms with E-state index in [2.05, 4.69) is 15.9 Å². The lowest BCUT2D eigenvalue weighted by Gasteiger charge is -2.26. The zero-order valence-corrected chi connectivity index (χ0v) is 13.8. The Balaban J connectivity index is 2.62. The first-order valence-electron chi connectivity index (χ1n) is 6.70. The molecule has 1 heterocycles. The number of nitriles is 1. The van der Waals surface area contributed by atoms with E-state index in [4.69, 9.17) is 15.2 Å². The molecule has 0 aliphatic carbocycles. The predicted molar refractivity (Wildman–Crippen MR) is 84.1 cm³/mol. The molecule has 22 heavy (non-hydrogen) atoms. The second-order valence-electron chi connectivity index (χ2n) is 4.67. The van der Waals surface area contributed by atoms with Gasteiger partial charge in [0.2, 0.25) is 5.88 Å². The third-order valence-corrected chi connectivity index (χ3v) is 3.78. The summed E-state index contributed by atoms with van der Waals surface area (Å²) in [6, 6.07) is 9.41. The molecule has 0 amide bonds. The van der Waals surface area contributed by atoms with Gasteiger partial charge in [0, 0.05) is 4.47 Å². The number of nitrogens with two attached hydrogens (primary N) is 1. The van der Waals surface area contributed by atoms with Crippen molar-refractivity contribution in [3.05, 3.63) is 57.1 Å². The lowest BCUT2D eigenvalue weighted by Crippen LogP contribution is -2.25. The maximum absolute atomic E-state index is 12.3. The molecule has 1 aliphatic rings. The Kier molecular flexibility index (Phi) is 4.88. The van der Waals surface area contributed by atoms with E-state index < -0.39 is 11.9 Å². The molecule has 1 atom stereocenters. The molecule has 5 nitrogen and oxygen atoms in total. The van der Waals surface area contributed by atoms with Gasteiger partial charge in [-0.05, 0) is 31.5 Å². The van der Waals surface area contributed by atoms with Gasteiger partial charge in [-0.1, -0.05) is 28.1 Å². The molecule has 0 unspecified atom stereocenters. The molecule has 114 valence electrons. The normalized spacial score (nSPS) is 17.8. The Hall–Kier alpha value is -2.26. The van der Waals surface area contributed by atoms with Crippen LogP contribution in [0.5, 0.6) is 0 Å². The first kappa shape index (κ1) is 16.1. The van der Waals surface area contributed by atoms with Crippen LogP contribution in [0.4, 0.5) is 0 Å². The van der Waals surface area contributed by atoms with Crippen molar-refractivity contribution in [1.82, 2.24) is 0 Å². The zero-order valence-electron chi connectivity index (χ0n) is 12.2. The smallest absolute Gasteiger partial charge is 0.338 e. The number of hydrogen-bond donors (Lipinski definition) is 1. The van der Waals surface area contributed by atoms with Gasteiger partial charge in [-0.15, -0.1) is 0 Å². The number of esters is 1. The SMILES string of the molecule is CCOC(=O)C1=C(C)OC(N)=C(C#N)[C@@H]1c1cccc(Br)c1. The second kappa shape index (κ2) is 6.67. The molecule has 1 aromatic rings. The standard InChI is InChI=1S/C16H15BrN2O3/c1-3-21-16(20)13-9(2)22-15(19)12(8-18)14(13)10-5-4-6-11(17)7-10/h4-7,14H,3,19H2,1-2H3/t14-/m0/s1. The summed E-state index contributed by atoms with van der Waals surface area (Å²) in [5.74, 6) is -0.751. The Morgan fingerprint density at radius 1 is 1.55 bits per heavy atom. The maximum Gasteiger partial charge on any atom is 0.338 e. The monoisotopic (exact) mass is 362 g/mol. The van der Waals surface area contributed by atoms with Crippen molar-refractivity contribution < 1.29 is 14.3 Å². The fourth-order valence-electron chi connectivity index (χ4n) is 2.37. The summed E-state index contributed by atoms with van der Waals surface area (Å²) < 4.78 is 11.3. The highest BCUT2D eigenvalue weighted by molar-refractivity contribution is 9.10. The average molecular weight is 363 g/mol. The molecule has 1 aliphatic heterocycles. The number of benzene rings is 1. The van der Waals surface area contributed by atoms with Crippen LogP contribution in [0.15, 0.2) is 51.5 Å². The largest absolute Gasteiger partial charge is 0.463 e. The molecule has 0 bridgehead atoms. The van der Waals surface area contributed by atoms with E-state index in [1.165, 1.54) is 0 Å². The maximum atomic E-state index is 12.3. The number of rotatable bonds is 3. The van der Waals surface area contributed by atoms with Gasteiger partial charge < -0.3 is 15.2 Å². The quantitative estimate of drug-likeness (QED) is 0.835. The Bertz CT molecular complexity index is 716. The van der Waals surface area contributed by atoms with Gasteiger partial charge in [0.05, 0.1) is 18.1 Å². The molecular formula is C16H15BrN2O3. The third-order valence-electron chi connectivity index (χ3n) is 3.28. The van der Waals surface area contributed by atoms with Crippen LogP contribution in [0.25, 0.3) is 0 Å². The highest BCUT2D eigenvalue weighted by Crippen LogP contribution is 2.40. The number of hydrogen-bond acceptors (Lipinski definition) is 5. The molecule has 0 spiro atoms. The molecule has 0 radical (unpaired) electrons. The van der Waals surface area contributed by atoms with Gasteiger partial charge in [-0.25, -0.2) is 4.79 Å². The van der Waals surface area contributed by atoms with Crippen molar-refractivity contribution in [2.75, 3.05) is 6.61 Å². The molecule has 0 saturated carbocycles. The third kappa shape index (κ3) is 3.00. The van der Waals surface area contributed by atoms with Crippen molar-refractivity contribution in [1.29, 1.82) is 5.26 Å². The van der Waals surface area contributed by atoms with E-state index >= 15 is 0 Å². The van der Waals surface area contributed by atoms with Gasteiger partial charge in [0.1, 0.15) is 17.4 Å². The summed E-state index contributed by atoms with van der Waals surface area (Å²) in [4.78, 5) is 12.3. The van der Waals surface area contributed by atoms with Crippen molar-refractivity contribution in [3.63, 3.8) is 0 Å². The van der Waals surface area contributed by atoms with Crippen molar-refractivity contribution >= 4 is 21.9 Å². The molecule has 0 aromatic heterocycles. The highest BCUT2D eigenvalue weighted by Gasteiger charge is 2.36. The fraction of sp³-hybridized carbons (Fsp3) is 0.250.